The van der Waals surface area contributed by atoms with E-state index in [1.54, 1.807) is 0 Å². The summed E-state index contributed by atoms with van der Waals surface area (Å²) in [6.45, 7) is 3.56. The van der Waals surface area contributed by atoms with E-state index >= 15 is 0 Å². The number of hydrogen-bond acceptors (Lipinski definition) is 1. The number of rotatable bonds is 4. The van der Waals surface area contributed by atoms with E-state index in [0.29, 0.717) is 17.7 Å². The second kappa shape index (κ2) is 6.25. The van der Waals surface area contributed by atoms with Gasteiger partial charge in [-0.25, -0.2) is 4.79 Å². The summed E-state index contributed by atoms with van der Waals surface area (Å²) < 4.78 is 0. The Bertz CT molecular complexity index is 456. The molecule has 1 aromatic carbocycles. The smallest absolute Gasteiger partial charge is 0.331 e. The summed E-state index contributed by atoms with van der Waals surface area (Å²) in [6.07, 6.45) is 4.88. The topological polar surface area (TPSA) is 37.3 Å². The first-order valence-electron chi connectivity index (χ1n) is 6.70. The Labute approximate surface area is 119 Å². The molecule has 19 heavy (non-hydrogen) atoms. The van der Waals surface area contributed by atoms with E-state index in [4.69, 9.17) is 16.7 Å². The summed E-state index contributed by atoms with van der Waals surface area (Å²) in [5, 5.41) is 9.16. The number of carboxylic acids is 1. The minimum atomic E-state index is -0.926. The Kier molecular flexibility index (Phi) is 4.65. The molecule has 1 saturated carbocycles. The molecule has 0 radical (unpaired) electrons. The highest BCUT2D eigenvalue weighted by atomic mass is 35.5. The van der Waals surface area contributed by atoms with Crippen LogP contribution in [0.2, 0.25) is 0 Å². The van der Waals surface area contributed by atoms with Crippen LogP contribution in [0.15, 0.2) is 36.4 Å². The van der Waals surface area contributed by atoms with Crippen molar-refractivity contribution in [1.82, 2.24) is 0 Å². The molecule has 1 aliphatic carbocycles. The van der Waals surface area contributed by atoms with E-state index in [0.717, 1.165) is 31.2 Å². The fourth-order valence-electron chi connectivity index (χ4n) is 2.62. The third kappa shape index (κ3) is 3.84. The molecule has 1 aromatic rings. The van der Waals surface area contributed by atoms with Gasteiger partial charge in [-0.2, -0.15) is 0 Å². The number of alkyl halides is 1. The summed E-state index contributed by atoms with van der Waals surface area (Å²) in [7, 11) is 0. The SMILES string of the molecule is C=C(Cc1ccc(C2CCC(Cl)CC2)cc1)C(=O)O. The van der Waals surface area contributed by atoms with Gasteiger partial charge in [0.25, 0.3) is 0 Å². The number of halogens is 1. The molecule has 1 fully saturated rings. The van der Waals surface area contributed by atoms with Crippen molar-refractivity contribution in [2.75, 3.05) is 0 Å². The van der Waals surface area contributed by atoms with Crippen LogP contribution in [0, 0.1) is 0 Å². The van der Waals surface area contributed by atoms with Gasteiger partial charge < -0.3 is 5.11 Å². The van der Waals surface area contributed by atoms with Crippen LogP contribution in [0.1, 0.15) is 42.7 Å². The van der Waals surface area contributed by atoms with Gasteiger partial charge >= 0.3 is 5.97 Å². The van der Waals surface area contributed by atoms with Crippen LogP contribution in [0.25, 0.3) is 0 Å². The standard InChI is InChI=1S/C16H19ClO2/c1-11(16(18)19)10-12-2-4-13(5-3-12)14-6-8-15(17)9-7-14/h2-5,14-15H,1,6-10H2,(H,18,19). The zero-order chi connectivity index (χ0) is 13.8. The Morgan fingerprint density at radius 1 is 1.21 bits per heavy atom. The fourth-order valence-corrected chi connectivity index (χ4v) is 2.87. The van der Waals surface area contributed by atoms with Crippen molar-refractivity contribution >= 4 is 17.6 Å². The zero-order valence-electron chi connectivity index (χ0n) is 10.9. The summed E-state index contributed by atoms with van der Waals surface area (Å²) in [4.78, 5) is 10.7. The van der Waals surface area contributed by atoms with Crippen molar-refractivity contribution in [2.24, 2.45) is 0 Å². The van der Waals surface area contributed by atoms with Gasteiger partial charge in [-0.3, -0.25) is 0 Å². The van der Waals surface area contributed by atoms with E-state index in [1.807, 2.05) is 12.1 Å². The number of benzene rings is 1. The van der Waals surface area contributed by atoms with Crippen molar-refractivity contribution in [3.05, 3.63) is 47.5 Å². The summed E-state index contributed by atoms with van der Waals surface area (Å²) in [6, 6.07) is 8.25. The van der Waals surface area contributed by atoms with Crippen molar-refractivity contribution in [3.8, 4) is 0 Å². The zero-order valence-corrected chi connectivity index (χ0v) is 11.7. The summed E-state index contributed by atoms with van der Waals surface area (Å²) in [5.41, 5.74) is 2.57. The number of hydrogen-bond donors (Lipinski definition) is 1. The lowest BCUT2D eigenvalue weighted by molar-refractivity contribution is -0.132. The van der Waals surface area contributed by atoms with Gasteiger partial charge in [-0.15, -0.1) is 11.6 Å². The predicted molar refractivity (Wildman–Crippen MR) is 77.8 cm³/mol. The Balaban J connectivity index is 1.98. The van der Waals surface area contributed by atoms with Crippen LogP contribution in [0.3, 0.4) is 0 Å². The maximum Gasteiger partial charge on any atom is 0.331 e. The van der Waals surface area contributed by atoms with Gasteiger partial charge in [-0.05, 0) is 42.7 Å². The maximum absolute atomic E-state index is 10.7. The molecule has 0 atom stereocenters. The Hall–Kier alpha value is -1.28. The molecule has 0 saturated heterocycles. The van der Waals surface area contributed by atoms with Crippen LogP contribution >= 0.6 is 11.6 Å². The van der Waals surface area contributed by atoms with E-state index in [1.165, 1.54) is 5.56 Å². The van der Waals surface area contributed by atoms with Crippen LogP contribution < -0.4 is 0 Å². The van der Waals surface area contributed by atoms with Crippen molar-refractivity contribution in [2.45, 2.75) is 43.4 Å². The molecule has 0 unspecified atom stereocenters. The quantitative estimate of drug-likeness (QED) is 0.664. The second-order valence-electron chi connectivity index (χ2n) is 5.28. The molecule has 3 heteroatoms. The Morgan fingerprint density at radius 3 is 2.32 bits per heavy atom. The largest absolute Gasteiger partial charge is 0.478 e. The minimum Gasteiger partial charge on any atom is -0.478 e. The minimum absolute atomic E-state index is 0.232. The molecule has 0 bridgehead atoms. The predicted octanol–water partition coefficient (Wildman–Crippen LogP) is 4.13. The first kappa shape index (κ1) is 14.1. The lowest BCUT2D eigenvalue weighted by atomic mass is 9.83. The van der Waals surface area contributed by atoms with Crippen molar-refractivity contribution < 1.29 is 9.90 Å². The molecule has 2 rings (SSSR count). The van der Waals surface area contributed by atoms with Crippen LogP contribution in [-0.4, -0.2) is 16.5 Å². The lowest BCUT2D eigenvalue weighted by Gasteiger charge is -2.25. The molecule has 1 aliphatic rings. The highest BCUT2D eigenvalue weighted by molar-refractivity contribution is 6.20. The van der Waals surface area contributed by atoms with Crippen LogP contribution in [0.5, 0.6) is 0 Å². The first-order valence-corrected chi connectivity index (χ1v) is 7.14. The summed E-state index contributed by atoms with van der Waals surface area (Å²) in [5.74, 6) is -0.323. The highest BCUT2D eigenvalue weighted by Crippen LogP contribution is 2.34. The maximum atomic E-state index is 10.7. The average Bonchev–Trinajstić information content (AvgIpc) is 2.40. The van der Waals surface area contributed by atoms with Crippen LogP contribution in [0.4, 0.5) is 0 Å². The van der Waals surface area contributed by atoms with Gasteiger partial charge in [0.1, 0.15) is 0 Å². The highest BCUT2D eigenvalue weighted by Gasteiger charge is 2.20. The van der Waals surface area contributed by atoms with Gasteiger partial charge in [0.05, 0.1) is 0 Å². The Morgan fingerprint density at radius 2 is 1.79 bits per heavy atom. The normalized spacial score (nSPS) is 23.0. The number of carboxylic acid groups (broad SMARTS) is 1. The second-order valence-corrected chi connectivity index (χ2v) is 5.89. The molecule has 0 heterocycles. The van der Waals surface area contributed by atoms with E-state index in [9.17, 15) is 4.79 Å². The van der Waals surface area contributed by atoms with Gasteiger partial charge in [0, 0.05) is 17.4 Å². The van der Waals surface area contributed by atoms with Gasteiger partial charge in [0.15, 0.2) is 0 Å². The number of aliphatic carboxylic acids is 1. The number of carbonyl (C=O) groups is 1. The molecular formula is C16H19ClO2. The molecule has 0 amide bonds. The fraction of sp³-hybridized carbons (Fsp3) is 0.438. The van der Waals surface area contributed by atoms with E-state index in [-0.39, 0.29) is 5.57 Å². The summed E-state index contributed by atoms with van der Waals surface area (Å²) >= 11 is 6.12. The molecule has 102 valence electrons. The van der Waals surface area contributed by atoms with Gasteiger partial charge in [0.2, 0.25) is 0 Å². The average molecular weight is 279 g/mol. The van der Waals surface area contributed by atoms with Crippen LogP contribution in [-0.2, 0) is 11.2 Å². The molecule has 0 spiro atoms. The lowest BCUT2D eigenvalue weighted by Crippen LogP contribution is -2.12. The van der Waals surface area contributed by atoms with E-state index in [2.05, 4.69) is 18.7 Å². The molecule has 2 nitrogen and oxygen atoms in total. The monoisotopic (exact) mass is 278 g/mol. The van der Waals surface area contributed by atoms with Crippen molar-refractivity contribution in [1.29, 1.82) is 0 Å². The molecular weight excluding hydrogens is 260 g/mol. The molecule has 1 N–H and O–H groups in total. The van der Waals surface area contributed by atoms with E-state index < -0.39 is 5.97 Å². The molecule has 0 aliphatic heterocycles. The molecule has 0 aromatic heterocycles. The first-order chi connectivity index (χ1) is 9.06. The van der Waals surface area contributed by atoms with Gasteiger partial charge in [-0.1, -0.05) is 30.8 Å². The third-order valence-electron chi connectivity index (χ3n) is 3.83. The third-order valence-corrected chi connectivity index (χ3v) is 4.26. The van der Waals surface area contributed by atoms with Crippen molar-refractivity contribution in [3.63, 3.8) is 0 Å².